The molecule has 0 unspecified atom stereocenters. The third-order valence-electron chi connectivity index (χ3n) is 8.36. The molecular weight excluding hydrogens is 600 g/mol. The van der Waals surface area contributed by atoms with Crippen LogP contribution in [0.4, 0.5) is 0 Å². The lowest BCUT2D eigenvalue weighted by Gasteiger charge is -2.23. The number of hydrogen-bond donors (Lipinski definition) is 0. The maximum atomic E-state index is 2.29. The molecule has 0 aliphatic heterocycles. The van der Waals surface area contributed by atoms with Crippen LogP contribution in [0.2, 0.25) is 0 Å². The van der Waals surface area contributed by atoms with E-state index in [1.807, 2.05) is 0 Å². The molecule has 0 saturated heterocycles. The summed E-state index contributed by atoms with van der Waals surface area (Å²) in [6.45, 7) is 7.25. The van der Waals surface area contributed by atoms with Gasteiger partial charge in [0, 0.05) is 0 Å². The maximum Gasteiger partial charge on any atom is 0.0780 e. The number of nitrogens with zero attached hydrogens (tertiary/aromatic N) is 2. The molecule has 2 nitrogen and oxygen atoms in total. The second-order valence-electron chi connectivity index (χ2n) is 15.2. The molecule has 0 aliphatic rings. The van der Waals surface area contributed by atoms with Crippen LogP contribution >= 0.6 is 0 Å². The van der Waals surface area contributed by atoms with Crippen molar-refractivity contribution in [2.75, 3.05) is 55.4 Å². The summed E-state index contributed by atoms with van der Waals surface area (Å²) in [4.78, 5) is 0. The molecular formula is C38H84BrClN2. The molecule has 0 heterocycles. The van der Waals surface area contributed by atoms with Crippen molar-refractivity contribution in [1.82, 2.24) is 0 Å². The fourth-order valence-electron chi connectivity index (χ4n) is 5.56. The first-order valence-corrected chi connectivity index (χ1v) is 18.7. The van der Waals surface area contributed by atoms with Crippen LogP contribution in [-0.4, -0.2) is 64.3 Å². The van der Waals surface area contributed by atoms with Crippen molar-refractivity contribution in [2.45, 2.75) is 194 Å². The van der Waals surface area contributed by atoms with Gasteiger partial charge in [0.25, 0.3) is 0 Å². The van der Waals surface area contributed by atoms with E-state index in [-0.39, 0.29) is 29.4 Å². The summed E-state index contributed by atoms with van der Waals surface area (Å²) in [7, 11) is 13.8. The minimum atomic E-state index is 0. The molecule has 4 heteroatoms. The first kappa shape index (κ1) is 49.6. The van der Waals surface area contributed by atoms with Crippen molar-refractivity contribution in [2.24, 2.45) is 0 Å². The van der Waals surface area contributed by atoms with Gasteiger partial charge >= 0.3 is 0 Å². The summed E-state index contributed by atoms with van der Waals surface area (Å²) in [5, 5.41) is 0. The highest BCUT2D eigenvalue weighted by Crippen LogP contribution is 2.14. The Hall–Kier alpha value is 0.690. The minimum Gasteiger partial charge on any atom is -1.00 e. The molecule has 0 fully saturated rings. The van der Waals surface area contributed by atoms with Gasteiger partial charge in [-0.3, -0.25) is 0 Å². The molecule has 0 aliphatic carbocycles. The van der Waals surface area contributed by atoms with E-state index in [9.17, 15) is 0 Å². The zero-order valence-corrected chi connectivity index (χ0v) is 33.2. The van der Waals surface area contributed by atoms with Gasteiger partial charge in [-0.05, 0) is 25.7 Å². The number of halogens is 2. The quantitative estimate of drug-likeness (QED) is 0.0611. The molecule has 260 valence electrons. The minimum absolute atomic E-state index is 0. The monoisotopic (exact) mass is 683 g/mol. The molecule has 0 aromatic heterocycles. The van der Waals surface area contributed by atoms with E-state index < -0.39 is 0 Å². The molecule has 0 saturated carbocycles. The highest BCUT2D eigenvalue weighted by atomic mass is 79.9. The van der Waals surface area contributed by atoms with Crippen molar-refractivity contribution >= 4 is 0 Å². The molecule has 0 rings (SSSR count). The Morgan fingerprint density at radius 3 is 0.548 bits per heavy atom. The normalized spacial score (nSPS) is 11.4. The fraction of sp³-hybridized carbons (Fsp3) is 1.00. The predicted molar refractivity (Wildman–Crippen MR) is 186 cm³/mol. The largest absolute Gasteiger partial charge is 1.00 e. The Bertz CT molecular complexity index is 417. The molecule has 0 aromatic rings. The third kappa shape index (κ3) is 53.3. The Kier molecular flexibility index (Phi) is 44.7. The number of quaternary nitrogens is 2. The van der Waals surface area contributed by atoms with E-state index in [1.54, 1.807) is 0 Å². The van der Waals surface area contributed by atoms with Crippen LogP contribution in [0.15, 0.2) is 0 Å². The summed E-state index contributed by atoms with van der Waals surface area (Å²) < 4.78 is 2.25. The van der Waals surface area contributed by atoms with Crippen molar-refractivity contribution in [3.05, 3.63) is 0 Å². The molecule has 0 N–H and O–H groups in total. The van der Waals surface area contributed by atoms with Crippen LogP contribution in [0.5, 0.6) is 0 Å². The van der Waals surface area contributed by atoms with Gasteiger partial charge in [0.15, 0.2) is 0 Å². The average Bonchev–Trinajstić information content (AvgIpc) is 2.88. The van der Waals surface area contributed by atoms with Crippen molar-refractivity contribution in [3.8, 4) is 0 Å². The number of unbranched alkanes of at least 4 members (excludes halogenated alkanes) is 26. The average molecular weight is 684 g/mol. The SMILES string of the molecule is CCCCCCCCCCCCCCCC[N+](C)(C)C.CCCCCCCCCCCCCCCC[N+](C)(C)C.[Br-].[Cl-]. The Balaban J connectivity index is -0.000000328. The van der Waals surface area contributed by atoms with Crippen molar-refractivity contribution < 1.29 is 38.4 Å². The lowest BCUT2D eigenvalue weighted by Crippen LogP contribution is -3.00. The van der Waals surface area contributed by atoms with E-state index >= 15 is 0 Å². The van der Waals surface area contributed by atoms with Crippen LogP contribution in [0.3, 0.4) is 0 Å². The van der Waals surface area contributed by atoms with Gasteiger partial charge in [0.2, 0.25) is 0 Å². The topological polar surface area (TPSA) is 0 Å². The molecule has 0 spiro atoms. The summed E-state index contributed by atoms with van der Waals surface area (Å²) >= 11 is 0. The smallest absolute Gasteiger partial charge is 0.0780 e. The van der Waals surface area contributed by atoms with E-state index in [1.165, 1.54) is 193 Å². The van der Waals surface area contributed by atoms with E-state index in [2.05, 4.69) is 56.1 Å². The van der Waals surface area contributed by atoms with Crippen molar-refractivity contribution in [3.63, 3.8) is 0 Å². The second-order valence-corrected chi connectivity index (χ2v) is 15.2. The lowest BCUT2D eigenvalue weighted by molar-refractivity contribution is -0.870. The van der Waals surface area contributed by atoms with E-state index in [0.717, 1.165) is 8.97 Å². The molecule has 0 radical (unpaired) electrons. The number of hydrogen-bond acceptors (Lipinski definition) is 0. The van der Waals surface area contributed by atoms with E-state index in [0.29, 0.717) is 0 Å². The highest BCUT2D eigenvalue weighted by Gasteiger charge is 2.06. The highest BCUT2D eigenvalue weighted by molar-refractivity contribution is 4.50. The van der Waals surface area contributed by atoms with Crippen molar-refractivity contribution in [1.29, 1.82) is 0 Å². The van der Waals surface area contributed by atoms with Gasteiger partial charge in [0.05, 0.1) is 55.4 Å². The third-order valence-corrected chi connectivity index (χ3v) is 8.36. The number of rotatable bonds is 30. The Morgan fingerprint density at radius 1 is 0.262 bits per heavy atom. The van der Waals surface area contributed by atoms with Gasteiger partial charge in [0.1, 0.15) is 0 Å². The van der Waals surface area contributed by atoms with Crippen LogP contribution in [0, 0.1) is 0 Å². The molecule has 0 atom stereocenters. The lowest BCUT2D eigenvalue weighted by atomic mass is 10.0. The van der Waals surface area contributed by atoms with Crippen LogP contribution in [0.1, 0.15) is 194 Å². The van der Waals surface area contributed by atoms with Gasteiger partial charge in [-0.2, -0.15) is 0 Å². The van der Waals surface area contributed by atoms with Crippen LogP contribution in [0.25, 0.3) is 0 Å². The molecule has 0 amide bonds. The zero-order chi connectivity index (χ0) is 30.2. The molecule has 0 bridgehead atoms. The zero-order valence-electron chi connectivity index (χ0n) is 30.9. The maximum absolute atomic E-state index is 2.29. The summed E-state index contributed by atoms with van der Waals surface area (Å²) in [6, 6.07) is 0. The van der Waals surface area contributed by atoms with Gasteiger partial charge in [-0.15, -0.1) is 0 Å². The standard InChI is InChI=1S/2C19H42N.BrH.ClH/c2*1-5-6-7-8-9-10-11-12-13-14-15-16-17-18-19-20(2,3)4;;/h2*5-19H2,1-4H3;2*1H/q2*+1;;/p-2. The Labute approximate surface area is 286 Å². The summed E-state index contributed by atoms with van der Waals surface area (Å²) in [6.07, 6.45) is 40.7. The van der Waals surface area contributed by atoms with Gasteiger partial charge in [-0.25, -0.2) is 0 Å². The Morgan fingerprint density at radius 2 is 0.405 bits per heavy atom. The fourth-order valence-corrected chi connectivity index (χ4v) is 5.56. The second kappa shape index (κ2) is 37.9. The van der Waals surface area contributed by atoms with Crippen LogP contribution < -0.4 is 29.4 Å². The van der Waals surface area contributed by atoms with E-state index in [4.69, 9.17) is 0 Å². The summed E-state index contributed by atoms with van der Waals surface area (Å²) in [5.74, 6) is 0. The van der Waals surface area contributed by atoms with Gasteiger partial charge < -0.3 is 38.4 Å². The van der Waals surface area contributed by atoms with Crippen LogP contribution in [-0.2, 0) is 0 Å². The van der Waals surface area contributed by atoms with Gasteiger partial charge in [-0.1, -0.05) is 168 Å². The first-order valence-electron chi connectivity index (χ1n) is 18.7. The first-order chi connectivity index (χ1) is 19.1. The molecule has 42 heavy (non-hydrogen) atoms. The predicted octanol–water partition coefficient (Wildman–Crippen LogP) is 6.36. The molecule has 0 aromatic carbocycles. The summed E-state index contributed by atoms with van der Waals surface area (Å²) in [5.41, 5.74) is 0.